The Morgan fingerprint density at radius 3 is 2.54 bits per heavy atom. The first kappa shape index (κ1) is 18.4. The van der Waals surface area contributed by atoms with Crippen LogP contribution in [-0.2, 0) is 20.7 Å². The number of methoxy groups -OCH3 is 1. The monoisotopic (exact) mass is 344 g/mol. The molecule has 1 aliphatic heterocycles. The van der Waals surface area contributed by atoms with Crippen LogP contribution in [0.2, 0.25) is 0 Å². The van der Waals surface area contributed by atoms with Crippen LogP contribution in [0.5, 0.6) is 11.5 Å². The van der Waals surface area contributed by atoms with Crippen LogP contribution in [0, 0.1) is 0 Å². The number of carbonyl (C=O) groups is 1. The Balaban J connectivity index is 2.15. The summed E-state index contributed by atoms with van der Waals surface area (Å²) in [5.74, 6) is -0.548. The number of phenols is 1. The zero-order valence-corrected chi connectivity index (χ0v) is 12.9. The van der Waals surface area contributed by atoms with Gasteiger partial charge in [0.05, 0.1) is 20.1 Å². The van der Waals surface area contributed by atoms with Crippen molar-refractivity contribution >= 4 is 5.97 Å². The molecule has 5 N–H and O–H groups in total. The third-order valence-corrected chi connectivity index (χ3v) is 3.71. The summed E-state index contributed by atoms with van der Waals surface area (Å²) in [5, 5.41) is 48.2. The van der Waals surface area contributed by atoms with Gasteiger partial charge in [0.1, 0.15) is 35.9 Å². The molecule has 9 nitrogen and oxygen atoms in total. The van der Waals surface area contributed by atoms with Crippen molar-refractivity contribution in [1.29, 1.82) is 0 Å². The minimum absolute atomic E-state index is 0.137. The molecule has 1 aromatic carbocycles. The van der Waals surface area contributed by atoms with E-state index in [0.717, 1.165) is 0 Å². The van der Waals surface area contributed by atoms with Crippen molar-refractivity contribution in [3.05, 3.63) is 23.8 Å². The third kappa shape index (κ3) is 3.94. The second-order valence-corrected chi connectivity index (χ2v) is 5.36. The van der Waals surface area contributed by atoms with Gasteiger partial charge >= 0.3 is 5.97 Å². The quantitative estimate of drug-likeness (QED) is 0.394. The highest BCUT2D eigenvalue weighted by molar-refractivity contribution is 5.73. The number of aromatic hydroxyl groups is 1. The zero-order valence-electron chi connectivity index (χ0n) is 12.9. The van der Waals surface area contributed by atoms with E-state index in [1.54, 1.807) is 0 Å². The largest absolute Gasteiger partial charge is 0.508 e. The topological polar surface area (TPSA) is 146 Å². The molecule has 1 aliphatic rings. The fraction of sp³-hybridized carbons (Fsp3) is 0.533. The maximum atomic E-state index is 11.3. The first-order valence-electron chi connectivity index (χ1n) is 7.23. The lowest BCUT2D eigenvalue weighted by Gasteiger charge is -2.39. The minimum Gasteiger partial charge on any atom is -0.508 e. The number of hydrogen-bond acceptors (Lipinski definition) is 9. The highest BCUT2D eigenvalue weighted by atomic mass is 16.7. The lowest BCUT2D eigenvalue weighted by atomic mass is 9.99. The Hall–Kier alpha value is -1.91. The average molecular weight is 344 g/mol. The Bertz CT molecular complexity index is 574. The second-order valence-electron chi connectivity index (χ2n) is 5.36. The molecule has 2 rings (SSSR count). The average Bonchev–Trinajstić information content (AvgIpc) is 2.58. The summed E-state index contributed by atoms with van der Waals surface area (Å²) in [4.78, 5) is 11.3. The van der Waals surface area contributed by atoms with Gasteiger partial charge in [0.2, 0.25) is 6.29 Å². The summed E-state index contributed by atoms with van der Waals surface area (Å²) < 4.78 is 15.2. The molecule has 24 heavy (non-hydrogen) atoms. The Labute approximate surface area is 137 Å². The van der Waals surface area contributed by atoms with Gasteiger partial charge in [-0.05, 0) is 18.2 Å². The van der Waals surface area contributed by atoms with Crippen molar-refractivity contribution in [2.24, 2.45) is 0 Å². The van der Waals surface area contributed by atoms with E-state index in [1.165, 1.54) is 25.3 Å². The molecular formula is C15H20O9. The molecule has 5 atom stereocenters. The van der Waals surface area contributed by atoms with Crippen LogP contribution in [0.4, 0.5) is 0 Å². The fourth-order valence-corrected chi connectivity index (χ4v) is 2.30. The van der Waals surface area contributed by atoms with Crippen molar-refractivity contribution in [2.75, 3.05) is 13.7 Å². The first-order valence-corrected chi connectivity index (χ1v) is 7.23. The highest BCUT2D eigenvalue weighted by Gasteiger charge is 2.44. The van der Waals surface area contributed by atoms with Crippen molar-refractivity contribution in [2.45, 2.75) is 37.1 Å². The predicted octanol–water partition coefficient (Wildman–Crippen LogP) is -1.71. The summed E-state index contributed by atoms with van der Waals surface area (Å²) in [6.07, 6.45) is -7.24. The Morgan fingerprint density at radius 1 is 1.21 bits per heavy atom. The number of hydrogen-bond donors (Lipinski definition) is 5. The van der Waals surface area contributed by atoms with Crippen LogP contribution in [0.1, 0.15) is 5.56 Å². The molecule has 134 valence electrons. The molecule has 1 heterocycles. The van der Waals surface area contributed by atoms with Gasteiger partial charge in [-0.1, -0.05) is 0 Å². The minimum atomic E-state index is -1.56. The molecular weight excluding hydrogens is 324 g/mol. The van der Waals surface area contributed by atoms with Gasteiger partial charge in [-0.2, -0.15) is 0 Å². The molecule has 1 saturated heterocycles. The lowest BCUT2D eigenvalue weighted by molar-refractivity contribution is -0.277. The number of carbonyl (C=O) groups excluding carboxylic acids is 1. The van der Waals surface area contributed by atoms with Crippen LogP contribution >= 0.6 is 0 Å². The molecule has 0 aromatic heterocycles. The third-order valence-electron chi connectivity index (χ3n) is 3.71. The van der Waals surface area contributed by atoms with Crippen molar-refractivity contribution in [3.8, 4) is 11.5 Å². The van der Waals surface area contributed by atoms with Gasteiger partial charge in [0.15, 0.2) is 0 Å². The van der Waals surface area contributed by atoms with Crippen LogP contribution in [0.25, 0.3) is 0 Å². The molecule has 0 bridgehead atoms. The SMILES string of the molecule is COC(=O)Cc1cc(OC2OC(CO)C(O)C(O)C2O)ccc1O. The predicted molar refractivity (Wildman–Crippen MR) is 78.2 cm³/mol. The van der Waals surface area contributed by atoms with E-state index in [-0.39, 0.29) is 23.5 Å². The van der Waals surface area contributed by atoms with E-state index in [2.05, 4.69) is 4.74 Å². The number of rotatable bonds is 5. The highest BCUT2D eigenvalue weighted by Crippen LogP contribution is 2.28. The number of esters is 1. The lowest BCUT2D eigenvalue weighted by Crippen LogP contribution is -2.60. The molecule has 0 radical (unpaired) electrons. The molecule has 0 amide bonds. The molecule has 5 unspecified atom stereocenters. The molecule has 1 fully saturated rings. The smallest absolute Gasteiger partial charge is 0.310 e. The van der Waals surface area contributed by atoms with Gasteiger partial charge in [0, 0.05) is 5.56 Å². The molecule has 0 saturated carbocycles. The van der Waals surface area contributed by atoms with E-state index in [1.807, 2.05) is 0 Å². The van der Waals surface area contributed by atoms with E-state index >= 15 is 0 Å². The van der Waals surface area contributed by atoms with Crippen LogP contribution in [0.15, 0.2) is 18.2 Å². The van der Waals surface area contributed by atoms with E-state index < -0.39 is 43.3 Å². The normalized spacial score (nSPS) is 30.0. The Kier molecular flexibility index (Phi) is 5.97. The standard InChI is InChI=1S/C15H20O9/c1-22-11(18)5-7-4-8(2-3-9(7)17)23-15-14(21)13(20)12(19)10(6-16)24-15/h2-4,10,12-17,19-21H,5-6H2,1H3. The maximum Gasteiger partial charge on any atom is 0.310 e. The molecule has 9 heteroatoms. The van der Waals surface area contributed by atoms with E-state index in [9.17, 15) is 25.2 Å². The molecule has 1 aromatic rings. The molecule has 0 spiro atoms. The first-order chi connectivity index (χ1) is 11.4. The summed E-state index contributed by atoms with van der Waals surface area (Å²) in [6.45, 7) is -0.575. The van der Waals surface area contributed by atoms with Crippen LogP contribution in [0.3, 0.4) is 0 Å². The fourth-order valence-electron chi connectivity index (χ4n) is 2.30. The van der Waals surface area contributed by atoms with Gasteiger partial charge in [-0.15, -0.1) is 0 Å². The van der Waals surface area contributed by atoms with E-state index in [4.69, 9.17) is 14.6 Å². The summed E-state index contributed by atoms with van der Waals surface area (Å²) in [6, 6.07) is 4.02. The number of benzene rings is 1. The van der Waals surface area contributed by atoms with E-state index in [0.29, 0.717) is 0 Å². The van der Waals surface area contributed by atoms with Crippen molar-refractivity contribution in [1.82, 2.24) is 0 Å². The summed E-state index contributed by atoms with van der Waals surface area (Å²) >= 11 is 0. The van der Waals surface area contributed by atoms with Crippen molar-refractivity contribution in [3.63, 3.8) is 0 Å². The number of phenolic OH excluding ortho intramolecular Hbond substituents is 1. The summed E-state index contributed by atoms with van der Waals surface area (Å²) in [5.41, 5.74) is 0.240. The second kappa shape index (κ2) is 7.77. The number of aliphatic hydroxyl groups excluding tert-OH is 4. The number of aliphatic hydroxyl groups is 4. The van der Waals surface area contributed by atoms with Gasteiger partial charge in [-0.3, -0.25) is 4.79 Å². The van der Waals surface area contributed by atoms with Crippen molar-refractivity contribution < 1.29 is 44.5 Å². The van der Waals surface area contributed by atoms with Gasteiger partial charge in [-0.25, -0.2) is 0 Å². The zero-order chi connectivity index (χ0) is 17.9. The Morgan fingerprint density at radius 2 is 1.92 bits per heavy atom. The van der Waals surface area contributed by atoms with Gasteiger partial charge < -0.3 is 39.7 Å². The van der Waals surface area contributed by atoms with Gasteiger partial charge in [0.25, 0.3) is 0 Å². The maximum absolute atomic E-state index is 11.3. The van der Waals surface area contributed by atoms with Crippen LogP contribution < -0.4 is 4.74 Å². The number of ether oxygens (including phenoxy) is 3. The molecule has 0 aliphatic carbocycles. The van der Waals surface area contributed by atoms with Crippen LogP contribution in [-0.4, -0.2) is 75.9 Å². The summed E-state index contributed by atoms with van der Waals surface area (Å²) in [7, 11) is 1.22.